The van der Waals surface area contributed by atoms with Gasteiger partial charge in [-0.3, -0.25) is 9.59 Å². The van der Waals surface area contributed by atoms with E-state index in [4.69, 9.17) is 24.4 Å². The van der Waals surface area contributed by atoms with Crippen LogP contribution in [0.3, 0.4) is 0 Å². The molecule has 33 heavy (non-hydrogen) atoms. The smallest absolute Gasteiger partial charge is 0.255 e. The van der Waals surface area contributed by atoms with Crippen LogP contribution < -0.4 is 25.3 Å². The highest BCUT2D eigenvalue weighted by Crippen LogP contribution is 2.36. The van der Waals surface area contributed by atoms with E-state index in [9.17, 15) is 9.59 Å². The van der Waals surface area contributed by atoms with Gasteiger partial charge in [-0.15, -0.1) is 0 Å². The molecule has 0 unspecified atom stereocenters. The Balaban J connectivity index is 1.53. The zero-order valence-corrected chi connectivity index (χ0v) is 18.1. The van der Waals surface area contributed by atoms with E-state index >= 15 is 0 Å². The first kappa shape index (κ1) is 21.8. The molecule has 0 saturated heterocycles. The van der Waals surface area contributed by atoms with Crippen molar-refractivity contribution in [2.75, 3.05) is 26.1 Å². The third-order valence-electron chi connectivity index (χ3n) is 4.94. The fraction of sp³-hybridized carbons (Fsp3) is 0.120. The number of para-hydroxylation sites is 1. The van der Waals surface area contributed by atoms with Crippen molar-refractivity contribution in [3.63, 3.8) is 0 Å². The van der Waals surface area contributed by atoms with Crippen molar-refractivity contribution >= 4 is 45.5 Å². The molecule has 0 aliphatic rings. The molecule has 0 fully saturated rings. The maximum absolute atomic E-state index is 12.6. The summed E-state index contributed by atoms with van der Waals surface area (Å²) in [5.74, 6) is 0.372. The highest BCUT2D eigenvalue weighted by Gasteiger charge is 2.13. The number of carbonyl (C=O) groups excluding carboxylic acids is 2. The van der Waals surface area contributed by atoms with Crippen LogP contribution in [0.2, 0.25) is 0 Å². The van der Waals surface area contributed by atoms with Crippen LogP contribution in [0.25, 0.3) is 28.0 Å². The maximum Gasteiger partial charge on any atom is 0.255 e. The summed E-state index contributed by atoms with van der Waals surface area (Å²) < 4.78 is 22.0. The van der Waals surface area contributed by atoms with Crippen molar-refractivity contribution in [1.82, 2.24) is 0 Å². The first-order valence-electron chi connectivity index (χ1n) is 10.1. The third-order valence-corrected chi connectivity index (χ3v) is 4.94. The van der Waals surface area contributed by atoms with E-state index in [1.54, 1.807) is 37.5 Å². The minimum atomic E-state index is -0.589. The summed E-state index contributed by atoms with van der Waals surface area (Å²) in [5, 5.41) is 4.70. The third kappa shape index (κ3) is 4.74. The molecule has 3 aromatic carbocycles. The Kier molecular flexibility index (Phi) is 6.17. The van der Waals surface area contributed by atoms with Crippen LogP contribution in [-0.4, -0.2) is 32.6 Å². The van der Waals surface area contributed by atoms with Gasteiger partial charge >= 0.3 is 0 Å². The molecule has 8 nitrogen and oxygen atoms in total. The van der Waals surface area contributed by atoms with Crippen LogP contribution in [0.15, 0.2) is 65.1 Å². The quantitative estimate of drug-likeness (QED) is 0.394. The maximum atomic E-state index is 12.6. The average Bonchev–Trinajstić information content (AvgIpc) is 3.18. The average molecular weight is 446 g/mol. The van der Waals surface area contributed by atoms with Gasteiger partial charge < -0.3 is 29.7 Å². The standard InChI is InChI=1S/C25H22N2O6/c1-30-22-12-17-16-5-3-4-6-19(16)33-21(17)13-18(22)27-25(29)10-8-15-7-9-20(23(11-15)31-2)32-14-24(26)28/h3-13H,14H2,1-2H3,(H2,26,28)(H,27,29)/b10-8+. The number of furan rings is 1. The van der Waals surface area contributed by atoms with Crippen molar-refractivity contribution in [2.24, 2.45) is 5.73 Å². The lowest BCUT2D eigenvalue weighted by molar-refractivity contribution is -0.120. The fourth-order valence-corrected chi connectivity index (χ4v) is 3.42. The van der Waals surface area contributed by atoms with E-state index in [0.29, 0.717) is 34.1 Å². The van der Waals surface area contributed by atoms with Crippen LogP contribution in [0.1, 0.15) is 5.56 Å². The number of hydrogen-bond acceptors (Lipinski definition) is 6. The Morgan fingerprint density at radius 3 is 2.48 bits per heavy atom. The molecule has 0 aliphatic carbocycles. The molecule has 0 radical (unpaired) electrons. The zero-order chi connectivity index (χ0) is 23.4. The number of nitrogens with one attached hydrogen (secondary N) is 1. The van der Waals surface area contributed by atoms with Gasteiger partial charge in [0.2, 0.25) is 5.91 Å². The van der Waals surface area contributed by atoms with Gasteiger partial charge in [-0.25, -0.2) is 0 Å². The Morgan fingerprint density at radius 2 is 1.73 bits per heavy atom. The lowest BCUT2D eigenvalue weighted by Gasteiger charge is -2.10. The van der Waals surface area contributed by atoms with Gasteiger partial charge in [0.05, 0.1) is 19.9 Å². The molecule has 168 valence electrons. The van der Waals surface area contributed by atoms with E-state index in [0.717, 1.165) is 16.4 Å². The summed E-state index contributed by atoms with van der Waals surface area (Å²) in [5.41, 5.74) is 7.70. The van der Waals surface area contributed by atoms with E-state index in [1.165, 1.54) is 13.2 Å². The zero-order valence-electron chi connectivity index (χ0n) is 18.1. The van der Waals surface area contributed by atoms with E-state index < -0.39 is 5.91 Å². The van der Waals surface area contributed by atoms with Gasteiger partial charge in [-0.2, -0.15) is 0 Å². The highest BCUT2D eigenvalue weighted by atomic mass is 16.5. The summed E-state index contributed by atoms with van der Waals surface area (Å²) in [6.45, 7) is -0.259. The number of benzene rings is 3. The van der Waals surface area contributed by atoms with Gasteiger partial charge in [0.25, 0.3) is 5.91 Å². The molecule has 0 saturated carbocycles. The number of hydrogen-bond donors (Lipinski definition) is 2. The minimum Gasteiger partial charge on any atom is -0.495 e. The van der Waals surface area contributed by atoms with Crippen LogP contribution >= 0.6 is 0 Å². The van der Waals surface area contributed by atoms with E-state index in [-0.39, 0.29) is 12.5 Å². The van der Waals surface area contributed by atoms with Crippen molar-refractivity contribution in [3.8, 4) is 17.2 Å². The number of nitrogens with two attached hydrogens (primary N) is 1. The normalized spacial score (nSPS) is 11.1. The first-order chi connectivity index (χ1) is 16.0. The Labute approximate surface area is 189 Å². The molecule has 0 spiro atoms. The van der Waals surface area contributed by atoms with Crippen LogP contribution in [-0.2, 0) is 9.59 Å². The topological polar surface area (TPSA) is 113 Å². The number of ether oxygens (including phenoxy) is 3. The number of carbonyl (C=O) groups is 2. The van der Waals surface area contributed by atoms with Gasteiger partial charge in [0, 0.05) is 22.9 Å². The van der Waals surface area contributed by atoms with Gasteiger partial charge in [0.1, 0.15) is 16.9 Å². The molecule has 1 heterocycles. The number of anilines is 1. The van der Waals surface area contributed by atoms with Crippen molar-refractivity contribution in [3.05, 3.63) is 66.2 Å². The second-order valence-corrected chi connectivity index (χ2v) is 7.13. The number of fused-ring (bicyclic) bond motifs is 3. The molecule has 4 aromatic rings. The van der Waals surface area contributed by atoms with Crippen molar-refractivity contribution in [2.45, 2.75) is 0 Å². The van der Waals surface area contributed by atoms with E-state index in [2.05, 4.69) is 5.32 Å². The molecule has 0 aliphatic heterocycles. The predicted molar refractivity (Wildman–Crippen MR) is 126 cm³/mol. The summed E-state index contributed by atoms with van der Waals surface area (Å²) in [4.78, 5) is 23.5. The second-order valence-electron chi connectivity index (χ2n) is 7.13. The van der Waals surface area contributed by atoms with E-state index in [1.807, 2.05) is 30.3 Å². The van der Waals surface area contributed by atoms with Gasteiger partial charge in [-0.1, -0.05) is 24.3 Å². The number of amides is 2. The predicted octanol–water partition coefficient (Wildman–Crippen LogP) is 4.12. The first-order valence-corrected chi connectivity index (χ1v) is 10.1. The molecule has 0 bridgehead atoms. The molecular weight excluding hydrogens is 424 g/mol. The number of rotatable bonds is 8. The molecule has 0 atom stereocenters. The SMILES string of the molecule is COc1cc2c(cc1NC(=O)/C=C/c1ccc(OCC(N)=O)c(OC)c1)oc1ccccc12. The molecule has 2 amide bonds. The molecule has 3 N–H and O–H groups in total. The summed E-state index contributed by atoms with van der Waals surface area (Å²) >= 11 is 0. The van der Waals surface area contributed by atoms with Crippen LogP contribution in [0.5, 0.6) is 17.2 Å². The van der Waals surface area contributed by atoms with Crippen molar-refractivity contribution in [1.29, 1.82) is 0 Å². The lowest BCUT2D eigenvalue weighted by atomic mass is 10.1. The lowest BCUT2D eigenvalue weighted by Crippen LogP contribution is -2.20. The number of primary amides is 1. The van der Waals surface area contributed by atoms with Crippen LogP contribution in [0, 0.1) is 0 Å². The second kappa shape index (κ2) is 9.35. The van der Waals surface area contributed by atoms with Crippen LogP contribution in [0.4, 0.5) is 5.69 Å². The molecular formula is C25H22N2O6. The number of methoxy groups -OCH3 is 2. The molecule has 4 rings (SSSR count). The minimum absolute atomic E-state index is 0.259. The van der Waals surface area contributed by atoms with Gasteiger partial charge in [-0.05, 0) is 35.9 Å². The Hall–Kier alpha value is -4.46. The monoisotopic (exact) mass is 446 g/mol. The molecule has 8 heteroatoms. The largest absolute Gasteiger partial charge is 0.495 e. The summed E-state index contributed by atoms with van der Waals surface area (Å²) in [7, 11) is 3.02. The van der Waals surface area contributed by atoms with Gasteiger partial charge in [0.15, 0.2) is 18.1 Å². The summed E-state index contributed by atoms with van der Waals surface area (Å²) in [6.07, 6.45) is 3.02. The Bertz CT molecular complexity index is 1370. The summed E-state index contributed by atoms with van der Waals surface area (Å²) in [6, 6.07) is 16.3. The highest BCUT2D eigenvalue weighted by molar-refractivity contribution is 6.09. The molecule has 1 aromatic heterocycles. The Morgan fingerprint density at radius 1 is 0.939 bits per heavy atom. The van der Waals surface area contributed by atoms with Crippen molar-refractivity contribution < 1.29 is 28.2 Å². The fourth-order valence-electron chi connectivity index (χ4n) is 3.42.